The number of pyridine rings is 1. The molecule has 4 heterocycles. The molecule has 0 aromatic carbocycles. The Labute approximate surface area is 158 Å². The lowest BCUT2D eigenvalue weighted by Crippen LogP contribution is -2.50. The highest BCUT2D eigenvalue weighted by atomic mass is 19.4. The van der Waals surface area contributed by atoms with Crippen molar-refractivity contribution >= 4 is 11.7 Å². The van der Waals surface area contributed by atoms with E-state index in [4.69, 9.17) is 0 Å². The van der Waals surface area contributed by atoms with E-state index in [9.17, 15) is 22.4 Å². The molecule has 6 nitrogen and oxygen atoms in total. The first kappa shape index (κ1) is 18.6. The van der Waals surface area contributed by atoms with Gasteiger partial charge in [0.05, 0.1) is 17.8 Å². The van der Waals surface area contributed by atoms with E-state index in [1.807, 2.05) is 0 Å². The van der Waals surface area contributed by atoms with E-state index in [0.29, 0.717) is 19.6 Å². The van der Waals surface area contributed by atoms with E-state index in [1.165, 1.54) is 6.33 Å². The molecule has 1 amide bonds. The summed E-state index contributed by atoms with van der Waals surface area (Å²) < 4.78 is 52.1. The van der Waals surface area contributed by atoms with E-state index >= 15 is 0 Å². The number of carbonyl (C=O) groups is 1. The number of alkyl halides is 3. The Kier molecular flexibility index (Phi) is 4.64. The third kappa shape index (κ3) is 3.38. The van der Waals surface area contributed by atoms with Crippen molar-refractivity contribution in [3.05, 3.63) is 47.9 Å². The SMILES string of the molecule is O=C(c1ccc(C(F)(F)F)nc1)N1CCC2CCN(c3ncncc3F)CC21. The molecule has 2 aromatic rings. The molecule has 2 aliphatic heterocycles. The van der Waals surface area contributed by atoms with Gasteiger partial charge in [-0.05, 0) is 30.9 Å². The lowest BCUT2D eigenvalue weighted by Gasteiger charge is -2.39. The van der Waals surface area contributed by atoms with Gasteiger partial charge in [-0.3, -0.25) is 9.78 Å². The number of piperidine rings is 1. The highest BCUT2D eigenvalue weighted by molar-refractivity contribution is 5.94. The molecule has 2 saturated heterocycles. The molecule has 0 aliphatic carbocycles. The minimum absolute atomic E-state index is 0.110. The third-order valence-corrected chi connectivity index (χ3v) is 5.37. The van der Waals surface area contributed by atoms with Crippen LogP contribution in [0.3, 0.4) is 0 Å². The fourth-order valence-corrected chi connectivity index (χ4v) is 3.98. The summed E-state index contributed by atoms with van der Waals surface area (Å²) in [6.07, 6.45) is 0.374. The van der Waals surface area contributed by atoms with E-state index in [2.05, 4.69) is 15.0 Å². The lowest BCUT2D eigenvalue weighted by atomic mass is 9.92. The molecule has 2 aliphatic rings. The molecule has 0 bridgehead atoms. The van der Waals surface area contributed by atoms with E-state index in [0.717, 1.165) is 37.4 Å². The van der Waals surface area contributed by atoms with Crippen LogP contribution in [0, 0.1) is 11.7 Å². The Morgan fingerprint density at radius 3 is 2.57 bits per heavy atom. The van der Waals surface area contributed by atoms with Gasteiger partial charge in [0.15, 0.2) is 11.6 Å². The van der Waals surface area contributed by atoms with Gasteiger partial charge in [0.25, 0.3) is 5.91 Å². The van der Waals surface area contributed by atoms with Crippen molar-refractivity contribution in [2.24, 2.45) is 5.92 Å². The Bertz CT molecular complexity index is 873. The minimum atomic E-state index is -4.55. The van der Waals surface area contributed by atoms with Crippen molar-refractivity contribution in [2.45, 2.75) is 25.1 Å². The van der Waals surface area contributed by atoms with Gasteiger partial charge in [-0.15, -0.1) is 0 Å². The number of aromatic nitrogens is 3. The lowest BCUT2D eigenvalue weighted by molar-refractivity contribution is -0.141. The first-order valence-electron chi connectivity index (χ1n) is 8.89. The average Bonchev–Trinajstić information content (AvgIpc) is 3.10. The zero-order valence-electron chi connectivity index (χ0n) is 14.7. The summed E-state index contributed by atoms with van der Waals surface area (Å²) in [5.41, 5.74) is -0.926. The van der Waals surface area contributed by atoms with E-state index in [1.54, 1.807) is 9.80 Å². The second kappa shape index (κ2) is 6.99. The monoisotopic (exact) mass is 395 g/mol. The topological polar surface area (TPSA) is 62.2 Å². The molecule has 2 fully saturated rings. The summed E-state index contributed by atoms with van der Waals surface area (Å²) in [4.78, 5) is 27.3. The number of hydrogen-bond donors (Lipinski definition) is 0. The third-order valence-electron chi connectivity index (χ3n) is 5.37. The Hall–Kier alpha value is -2.78. The molecule has 0 radical (unpaired) electrons. The molecule has 2 unspecified atom stereocenters. The Morgan fingerprint density at radius 2 is 1.89 bits per heavy atom. The smallest absolute Gasteiger partial charge is 0.352 e. The number of anilines is 1. The van der Waals surface area contributed by atoms with E-state index in [-0.39, 0.29) is 29.2 Å². The van der Waals surface area contributed by atoms with Crippen LogP contribution in [0.15, 0.2) is 30.9 Å². The maximum Gasteiger partial charge on any atom is 0.433 e. The molecule has 2 aromatic heterocycles. The summed E-state index contributed by atoms with van der Waals surface area (Å²) in [7, 11) is 0. The molecule has 10 heteroatoms. The molecular weight excluding hydrogens is 378 g/mol. The maximum atomic E-state index is 14.0. The van der Waals surface area contributed by atoms with Crippen molar-refractivity contribution in [2.75, 3.05) is 24.5 Å². The molecular formula is C18H17F4N5O. The maximum absolute atomic E-state index is 14.0. The van der Waals surface area contributed by atoms with Crippen LogP contribution < -0.4 is 4.90 Å². The van der Waals surface area contributed by atoms with E-state index < -0.39 is 17.7 Å². The number of fused-ring (bicyclic) bond motifs is 1. The van der Waals surface area contributed by atoms with Gasteiger partial charge in [0.1, 0.15) is 12.0 Å². The zero-order valence-corrected chi connectivity index (χ0v) is 14.7. The van der Waals surface area contributed by atoms with Crippen LogP contribution in [-0.4, -0.2) is 51.4 Å². The standard InChI is InChI=1S/C18H17F4N5O/c19-13-8-23-10-25-16(13)26-5-3-11-4-6-27(14(11)9-26)17(28)12-1-2-15(24-7-12)18(20,21)22/h1-2,7-8,10-11,14H,3-6,9H2. The van der Waals surface area contributed by atoms with Crippen molar-refractivity contribution in [3.8, 4) is 0 Å². The average molecular weight is 395 g/mol. The van der Waals surface area contributed by atoms with Gasteiger partial charge in [0, 0.05) is 25.8 Å². The minimum Gasteiger partial charge on any atom is -0.352 e. The van der Waals surface area contributed by atoms with Crippen molar-refractivity contribution in [1.82, 2.24) is 19.9 Å². The molecule has 2 atom stereocenters. The first-order chi connectivity index (χ1) is 13.3. The highest BCUT2D eigenvalue weighted by Gasteiger charge is 2.42. The van der Waals surface area contributed by atoms with Crippen LogP contribution in [0.25, 0.3) is 0 Å². The predicted octanol–water partition coefficient (Wildman–Crippen LogP) is 2.77. The van der Waals surface area contributed by atoms with Gasteiger partial charge in [0.2, 0.25) is 0 Å². The molecule has 0 N–H and O–H groups in total. The predicted molar refractivity (Wildman–Crippen MR) is 91.0 cm³/mol. The number of rotatable bonds is 2. The molecule has 0 saturated carbocycles. The highest BCUT2D eigenvalue weighted by Crippen LogP contribution is 2.34. The first-order valence-corrected chi connectivity index (χ1v) is 8.89. The number of hydrogen-bond acceptors (Lipinski definition) is 5. The van der Waals surface area contributed by atoms with Crippen LogP contribution >= 0.6 is 0 Å². The number of halogens is 4. The van der Waals surface area contributed by atoms with Gasteiger partial charge in [-0.1, -0.05) is 0 Å². The number of nitrogens with zero attached hydrogens (tertiary/aromatic N) is 5. The van der Waals surface area contributed by atoms with Crippen LogP contribution in [-0.2, 0) is 6.18 Å². The van der Waals surface area contributed by atoms with Crippen LogP contribution in [0.5, 0.6) is 0 Å². The number of carbonyl (C=O) groups excluding carboxylic acids is 1. The summed E-state index contributed by atoms with van der Waals surface area (Å²) in [6, 6.07) is 1.80. The molecule has 4 rings (SSSR count). The molecule has 148 valence electrons. The Morgan fingerprint density at radius 1 is 1.11 bits per heavy atom. The zero-order chi connectivity index (χ0) is 19.9. The van der Waals surface area contributed by atoms with Gasteiger partial charge >= 0.3 is 6.18 Å². The summed E-state index contributed by atoms with van der Waals surface area (Å²) in [5, 5.41) is 0. The van der Waals surface area contributed by atoms with Gasteiger partial charge in [-0.2, -0.15) is 13.2 Å². The van der Waals surface area contributed by atoms with Crippen molar-refractivity contribution in [1.29, 1.82) is 0 Å². The van der Waals surface area contributed by atoms with Crippen molar-refractivity contribution < 1.29 is 22.4 Å². The molecule has 28 heavy (non-hydrogen) atoms. The van der Waals surface area contributed by atoms with Crippen LogP contribution in [0.1, 0.15) is 28.9 Å². The van der Waals surface area contributed by atoms with Crippen molar-refractivity contribution in [3.63, 3.8) is 0 Å². The summed E-state index contributed by atoms with van der Waals surface area (Å²) >= 11 is 0. The summed E-state index contributed by atoms with van der Waals surface area (Å²) in [6.45, 7) is 1.55. The fourth-order valence-electron chi connectivity index (χ4n) is 3.98. The second-order valence-corrected chi connectivity index (χ2v) is 6.97. The molecule has 0 spiro atoms. The van der Waals surface area contributed by atoms with Gasteiger partial charge in [-0.25, -0.2) is 14.4 Å². The quantitative estimate of drug-likeness (QED) is 0.732. The van der Waals surface area contributed by atoms with Crippen LogP contribution in [0.2, 0.25) is 0 Å². The number of amides is 1. The van der Waals surface area contributed by atoms with Crippen LogP contribution in [0.4, 0.5) is 23.4 Å². The summed E-state index contributed by atoms with van der Waals surface area (Å²) in [5.74, 6) is -0.418. The fraction of sp³-hybridized carbons (Fsp3) is 0.444. The Balaban J connectivity index is 1.52. The van der Waals surface area contributed by atoms with Gasteiger partial charge < -0.3 is 9.80 Å². The second-order valence-electron chi connectivity index (χ2n) is 6.97. The largest absolute Gasteiger partial charge is 0.433 e. The normalized spacial score (nSPS) is 22.3. The number of likely N-dealkylation sites (tertiary alicyclic amines) is 1.